The van der Waals surface area contributed by atoms with E-state index in [1.54, 1.807) is 0 Å². The van der Waals surface area contributed by atoms with E-state index in [1.165, 1.54) is 22.3 Å². The van der Waals surface area contributed by atoms with Gasteiger partial charge in [0.2, 0.25) is 0 Å². The first kappa shape index (κ1) is 18.4. The molecule has 0 radical (unpaired) electrons. The standard InChI is InChI=1S/C26H26N2/c1-20(24-18-17-21-10-4-3-7-15-25(21)24)27-19-9-14-23-13-8-16-26(28-23)22-11-5-2-6-12-22/h2-8,10-13,15-18,20,27H,9,14,19H2,1H3. The zero-order valence-electron chi connectivity index (χ0n) is 16.3. The molecule has 4 rings (SSSR count). The van der Waals surface area contributed by atoms with Crippen molar-refractivity contribution in [2.24, 2.45) is 0 Å². The molecule has 2 heteroatoms. The van der Waals surface area contributed by atoms with E-state index in [0.29, 0.717) is 6.04 Å². The van der Waals surface area contributed by atoms with Crippen LogP contribution in [0.1, 0.15) is 30.6 Å². The Balaban J connectivity index is 1.33. The van der Waals surface area contributed by atoms with Crippen LogP contribution in [0.25, 0.3) is 22.4 Å². The Bertz CT molecular complexity index is 994. The molecule has 2 aromatic rings. The molecule has 0 amide bonds. The minimum Gasteiger partial charge on any atom is -0.310 e. The molecule has 1 unspecified atom stereocenters. The predicted octanol–water partition coefficient (Wildman–Crippen LogP) is 6.14. The molecule has 1 N–H and O–H groups in total. The zero-order chi connectivity index (χ0) is 19.2. The number of nitrogens with zero attached hydrogens (tertiary/aromatic N) is 1. The molecule has 1 heterocycles. The van der Waals surface area contributed by atoms with Crippen LogP contribution in [-0.4, -0.2) is 11.5 Å². The van der Waals surface area contributed by atoms with Gasteiger partial charge in [-0.05, 0) is 55.1 Å². The second kappa shape index (κ2) is 8.81. The van der Waals surface area contributed by atoms with Crippen LogP contribution in [0.2, 0.25) is 0 Å². The van der Waals surface area contributed by atoms with Gasteiger partial charge in [-0.15, -0.1) is 0 Å². The summed E-state index contributed by atoms with van der Waals surface area (Å²) in [5.41, 5.74) is 7.39. The van der Waals surface area contributed by atoms with E-state index in [2.05, 4.69) is 97.2 Å². The first-order valence-electron chi connectivity index (χ1n) is 10.0. The zero-order valence-corrected chi connectivity index (χ0v) is 16.3. The number of aromatic nitrogens is 1. The summed E-state index contributed by atoms with van der Waals surface area (Å²) in [6, 6.07) is 32.2. The van der Waals surface area contributed by atoms with Crippen LogP contribution in [0.15, 0.2) is 91.0 Å². The lowest BCUT2D eigenvalue weighted by Gasteiger charge is -2.14. The van der Waals surface area contributed by atoms with Crippen molar-refractivity contribution in [2.75, 3.05) is 6.54 Å². The molecule has 0 fully saturated rings. The highest BCUT2D eigenvalue weighted by molar-refractivity contribution is 5.71. The van der Waals surface area contributed by atoms with Crippen LogP contribution in [0.4, 0.5) is 0 Å². The molecule has 1 aromatic carbocycles. The summed E-state index contributed by atoms with van der Waals surface area (Å²) in [4.78, 5) is 4.83. The molecule has 0 bridgehead atoms. The average molecular weight is 367 g/mol. The molecule has 0 saturated heterocycles. The molecule has 0 saturated carbocycles. The smallest absolute Gasteiger partial charge is 0.0705 e. The highest BCUT2D eigenvalue weighted by Crippen LogP contribution is 2.31. The molecule has 1 atom stereocenters. The lowest BCUT2D eigenvalue weighted by Crippen LogP contribution is -2.20. The van der Waals surface area contributed by atoms with Gasteiger partial charge in [0.25, 0.3) is 0 Å². The topological polar surface area (TPSA) is 24.9 Å². The van der Waals surface area contributed by atoms with Crippen LogP contribution >= 0.6 is 0 Å². The summed E-state index contributed by atoms with van der Waals surface area (Å²) in [7, 11) is 0. The van der Waals surface area contributed by atoms with Crippen LogP contribution in [0.3, 0.4) is 0 Å². The van der Waals surface area contributed by atoms with Gasteiger partial charge in [0.15, 0.2) is 0 Å². The van der Waals surface area contributed by atoms with Gasteiger partial charge in [0.1, 0.15) is 0 Å². The number of rotatable bonds is 7. The Morgan fingerprint density at radius 1 is 0.750 bits per heavy atom. The highest BCUT2D eigenvalue weighted by Gasteiger charge is 2.13. The van der Waals surface area contributed by atoms with Crippen LogP contribution in [-0.2, 0) is 6.42 Å². The number of hydrogen-bond acceptors (Lipinski definition) is 2. The normalized spacial score (nSPS) is 12.2. The Hall–Kier alpha value is -2.97. The van der Waals surface area contributed by atoms with Crippen molar-refractivity contribution < 1.29 is 0 Å². The summed E-state index contributed by atoms with van der Waals surface area (Å²) in [6.07, 6.45) is 2.05. The SMILES string of the molecule is CC(NCCCc1cccc(-c2ccccc2)n1)c1ccc2cccccc1-2. The van der Waals surface area contributed by atoms with E-state index < -0.39 is 0 Å². The van der Waals surface area contributed by atoms with Gasteiger partial charge in [0.05, 0.1) is 5.69 Å². The van der Waals surface area contributed by atoms with Crippen molar-refractivity contribution in [3.8, 4) is 22.4 Å². The maximum absolute atomic E-state index is 4.83. The first-order valence-corrected chi connectivity index (χ1v) is 10.0. The summed E-state index contributed by atoms with van der Waals surface area (Å²) in [6.45, 7) is 3.22. The van der Waals surface area contributed by atoms with Crippen molar-refractivity contribution in [3.63, 3.8) is 0 Å². The fourth-order valence-electron chi connectivity index (χ4n) is 3.70. The van der Waals surface area contributed by atoms with E-state index in [1.807, 2.05) is 6.07 Å². The average Bonchev–Trinajstić information content (AvgIpc) is 3.00. The van der Waals surface area contributed by atoms with Gasteiger partial charge in [-0.25, -0.2) is 0 Å². The summed E-state index contributed by atoms with van der Waals surface area (Å²) in [5.74, 6) is 0. The number of aryl methyl sites for hydroxylation is 1. The second-order valence-electron chi connectivity index (χ2n) is 7.23. The van der Waals surface area contributed by atoms with E-state index in [9.17, 15) is 0 Å². The van der Waals surface area contributed by atoms with Gasteiger partial charge in [-0.2, -0.15) is 0 Å². The molecule has 0 aliphatic heterocycles. The fourth-order valence-corrected chi connectivity index (χ4v) is 3.70. The van der Waals surface area contributed by atoms with Crippen LogP contribution < -0.4 is 5.32 Å². The third-order valence-electron chi connectivity index (χ3n) is 5.23. The third-order valence-corrected chi connectivity index (χ3v) is 5.23. The molecule has 2 nitrogen and oxygen atoms in total. The van der Waals surface area contributed by atoms with Gasteiger partial charge in [0, 0.05) is 17.3 Å². The van der Waals surface area contributed by atoms with Gasteiger partial charge < -0.3 is 5.32 Å². The van der Waals surface area contributed by atoms with Crippen molar-refractivity contribution in [3.05, 3.63) is 102 Å². The molecule has 2 aliphatic rings. The summed E-state index contributed by atoms with van der Waals surface area (Å²) in [5, 5.41) is 3.68. The highest BCUT2D eigenvalue weighted by atomic mass is 14.9. The Morgan fingerprint density at radius 3 is 2.32 bits per heavy atom. The van der Waals surface area contributed by atoms with Crippen molar-refractivity contribution in [1.29, 1.82) is 0 Å². The molecular formula is C26H26N2. The number of fused-ring (bicyclic) bond motifs is 1. The second-order valence-corrected chi connectivity index (χ2v) is 7.23. The van der Waals surface area contributed by atoms with Gasteiger partial charge >= 0.3 is 0 Å². The van der Waals surface area contributed by atoms with Gasteiger partial charge in [-0.3, -0.25) is 4.98 Å². The molecule has 2 aliphatic carbocycles. The largest absolute Gasteiger partial charge is 0.310 e. The fraction of sp³-hybridized carbons (Fsp3) is 0.192. The minimum atomic E-state index is 0.337. The number of nitrogens with one attached hydrogen (secondary N) is 1. The van der Waals surface area contributed by atoms with Crippen LogP contribution in [0.5, 0.6) is 0 Å². The minimum absolute atomic E-state index is 0.337. The summed E-state index contributed by atoms with van der Waals surface area (Å²) >= 11 is 0. The van der Waals surface area contributed by atoms with E-state index in [0.717, 1.165) is 30.8 Å². The van der Waals surface area contributed by atoms with E-state index in [4.69, 9.17) is 4.98 Å². The van der Waals surface area contributed by atoms with E-state index in [-0.39, 0.29) is 0 Å². The van der Waals surface area contributed by atoms with Crippen molar-refractivity contribution in [1.82, 2.24) is 10.3 Å². The Labute approximate surface area is 167 Å². The van der Waals surface area contributed by atoms with Crippen molar-refractivity contribution >= 4 is 0 Å². The molecule has 140 valence electrons. The molecular weight excluding hydrogens is 340 g/mol. The molecule has 0 spiro atoms. The maximum Gasteiger partial charge on any atom is 0.0705 e. The first-order chi connectivity index (χ1) is 13.8. The monoisotopic (exact) mass is 366 g/mol. The van der Waals surface area contributed by atoms with Crippen LogP contribution in [0, 0.1) is 0 Å². The Kier molecular flexibility index (Phi) is 5.79. The quantitative estimate of drug-likeness (QED) is 0.398. The lowest BCUT2D eigenvalue weighted by molar-refractivity contribution is 0.558. The molecule has 1 aromatic heterocycles. The molecule has 28 heavy (non-hydrogen) atoms. The van der Waals surface area contributed by atoms with Crippen molar-refractivity contribution in [2.45, 2.75) is 25.8 Å². The van der Waals surface area contributed by atoms with Gasteiger partial charge in [-0.1, -0.05) is 78.9 Å². The lowest BCUT2D eigenvalue weighted by atomic mass is 10.0. The maximum atomic E-state index is 4.83. The Morgan fingerprint density at radius 2 is 1.50 bits per heavy atom. The summed E-state index contributed by atoms with van der Waals surface area (Å²) < 4.78 is 0. The predicted molar refractivity (Wildman–Crippen MR) is 117 cm³/mol. The number of benzene rings is 1. The van der Waals surface area contributed by atoms with E-state index >= 15 is 0 Å². The third kappa shape index (κ3) is 4.29. The number of hydrogen-bond donors (Lipinski definition) is 1. The number of pyridine rings is 1.